The number of halogens is 2. The van der Waals surface area contributed by atoms with Crippen LogP contribution in [0.1, 0.15) is 58.7 Å². The quantitative estimate of drug-likeness (QED) is 0.112. The summed E-state index contributed by atoms with van der Waals surface area (Å²) in [4.78, 5) is 51.4. The smallest absolute Gasteiger partial charge is 0.407 e. The van der Waals surface area contributed by atoms with Crippen molar-refractivity contribution in [3.05, 3.63) is 79.9 Å². The molecule has 0 radical (unpaired) electrons. The fourth-order valence-corrected chi connectivity index (χ4v) is 6.84. The second-order valence-electron chi connectivity index (χ2n) is 13.9. The predicted molar refractivity (Wildman–Crippen MR) is 189 cm³/mol. The topological polar surface area (TPSA) is 162 Å². The first kappa shape index (κ1) is 38.0. The Bertz CT molecular complexity index is 2100. The van der Waals surface area contributed by atoms with E-state index in [9.17, 15) is 24.8 Å². The molecular weight excluding hydrogens is 682 g/mol. The highest BCUT2D eigenvalue weighted by Crippen LogP contribution is 2.44. The lowest BCUT2D eigenvalue weighted by atomic mass is 9.82. The van der Waals surface area contributed by atoms with Crippen LogP contribution in [0.4, 0.5) is 25.0 Å². The number of methoxy groups -OCH3 is 2. The zero-order valence-electron chi connectivity index (χ0n) is 30.4. The van der Waals surface area contributed by atoms with Crippen molar-refractivity contribution in [2.24, 2.45) is 5.41 Å². The summed E-state index contributed by atoms with van der Waals surface area (Å²) in [7, 11) is 2.66. The highest BCUT2D eigenvalue weighted by molar-refractivity contribution is 5.97. The molecule has 4 aromatic rings. The molecule has 0 saturated carbocycles. The summed E-state index contributed by atoms with van der Waals surface area (Å²) in [6, 6.07) is 5.53. The Morgan fingerprint density at radius 1 is 1.10 bits per heavy atom. The zero-order chi connectivity index (χ0) is 38.4. The number of piperazine rings is 1. The van der Waals surface area contributed by atoms with Gasteiger partial charge in [-0.3, -0.25) is 29.4 Å². The van der Waals surface area contributed by atoms with Crippen molar-refractivity contribution in [2.45, 2.75) is 72.9 Å². The zero-order valence-corrected chi connectivity index (χ0v) is 30.4. The highest BCUT2D eigenvalue weighted by Gasteiger charge is 2.49. The number of hydrogen-bond acceptors (Lipinski definition) is 10. The number of anilines is 1. The third-order valence-corrected chi connectivity index (χ3v) is 9.17. The van der Waals surface area contributed by atoms with Gasteiger partial charge in [-0.2, -0.15) is 0 Å². The Hall–Kier alpha value is -5.22. The molecule has 3 aromatic heterocycles. The van der Waals surface area contributed by atoms with Gasteiger partial charge in [0.05, 0.1) is 40.4 Å². The number of carbonyl (C=O) groups is 1. The number of aryl methyl sites for hydroxylation is 1. The van der Waals surface area contributed by atoms with Gasteiger partial charge in [0.25, 0.3) is 0 Å². The molecule has 0 spiro atoms. The maximum Gasteiger partial charge on any atom is 0.407 e. The number of benzene rings is 1. The minimum Gasteiger partial charge on any atom is -0.496 e. The number of nitrogens with zero attached hydrogens (tertiary/aromatic N) is 6. The normalized spacial score (nSPS) is 17.2. The lowest BCUT2D eigenvalue weighted by molar-refractivity contribution is -0.385. The Kier molecular flexibility index (Phi) is 10.5. The molecule has 16 heteroatoms. The molecule has 1 N–H and O–H groups in total. The van der Waals surface area contributed by atoms with E-state index in [1.165, 1.54) is 36.2 Å². The Morgan fingerprint density at radius 2 is 1.79 bits per heavy atom. The van der Waals surface area contributed by atoms with E-state index in [1.807, 2.05) is 13.8 Å². The molecule has 1 saturated heterocycles. The molecule has 0 aliphatic carbocycles. The average Bonchev–Trinajstić information content (AvgIpc) is 3.07. The fourth-order valence-electron chi connectivity index (χ4n) is 6.84. The van der Waals surface area contributed by atoms with E-state index in [0.717, 1.165) is 16.7 Å². The van der Waals surface area contributed by atoms with Crippen LogP contribution in [0, 0.1) is 34.1 Å². The monoisotopic (exact) mass is 724 g/mol. The van der Waals surface area contributed by atoms with E-state index < -0.39 is 63.6 Å². The average molecular weight is 725 g/mol. The van der Waals surface area contributed by atoms with Gasteiger partial charge in [0.2, 0.25) is 0 Å². The number of rotatable bonds is 9. The van der Waals surface area contributed by atoms with Gasteiger partial charge in [-0.1, -0.05) is 40.7 Å². The standard InChI is InChI=1S/C36H42F2N6O8/c1-18(2)26-28(19(3)13-14-39-26)43-32-21(17-23(38)27(40-32)25-22(37)11-10-12-24(25)51-9)29(30(33(43)45)44(48)49)41-15-16-42(35(46)47)31(36(5,6)7)34(41)52-20(4)50-8/h10-14,17-18,20,31,34H,15-16H2,1-9H3,(H,46,47). The van der Waals surface area contributed by atoms with Crippen molar-refractivity contribution < 1.29 is 37.8 Å². The summed E-state index contributed by atoms with van der Waals surface area (Å²) in [6.07, 6.45) is -1.94. The summed E-state index contributed by atoms with van der Waals surface area (Å²) in [5, 5.41) is 23.2. The minimum absolute atomic E-state index is 0.0398. The van der Waals surface area contributed by atoms with Crippen LogP contribution in [-0.2, 0) is 9.47 Å². The van der Waals surface area contributed by atoms with Crippen LogP contribution in [0.5, 0.6) is 5.75 Å². The Labute approximate surface area is 298 Å². The minimum atomic E-state index is -1.28. The second-order valence-corrected chi connectivity index (χ2v) is 13.9. The first-order chi connectivity index (χ1) is 24.4. The summed E-state index contributed by atoms with van der Waals surface area (Å²) in [6.45, 7) is 11.9. The molecule has 278 valence electrons. The lowest BCUT2D eigenvalue weighted by Crippen LogP contribution is -2.66. The van der Waals surface area contributed by atoms with E-state index in [1.54, 1.807) is 46.9 Å². The van der Waals surface area contributed by atoms with E-state index >= 15 is 8.78 Å². The number of ether oxygens (including phenoxy) is 3. The molecule has 1 amide bonds. The first-order valence-corrected chi connectivity index (χ1v) is 16.6. The van der Waals surface area contributed by atoms with Crippen molar-refractivity contribution >= 4 is 28.5 Å². The van der Waals surface area contributed by atoms with Crippen LogP contribution in [0.3, 0.4) is 0 Å². The number of aromatic nitrogens is 3. The van der Waals surface area contributed by atoms with Crippen LogP contribution in [0.25, 0.3) is 28.0 Å². The summed E-state index contributed by atoms with van der Waals surface area (Å²) >= 11 is 0. The van der Waals surface area contributed by atoms with E-state index in [2.05, 4.69) is 9.97 Å². The lowest BCUT2D eigenvalue weighted by Gasteiger charge is -2.51. The first-order valence-electron chi connectivity index (χ1n) is 16.6. The summed E-state index contributed by atoms with van der Waals surface area (Å²) in [5.74, 6) is -2.25. The van der Waals surface area contributed by atoms with Gasteiger partial charge in [-0.15, -0.1) is 0 Å². The molecule has 52 heavy (non-hydrogen) atoms. The fraction of sp³-hybridized carbons (Fsp3) is 0.444. The number of pyridine rings is 3. The van der Waals surface area contributed by atoms with Crippen LogP contribution < -0.4 is 15.2 Å². The molecule has 3 unspecified atom stereocenters. The number of carboxylic acid groups (broad SMARTS) is 1. The number of nitro groups is 1. The summed E-state index contributed by atoms with van der Waals surface area (Å²) in [5.41, 5.74) is -3.20. The predicted octanol–water partition coefficient (Wildman–Crippen LogP) is 6.62. The van der Waals surface area contributed by atoms with Crippen molar-refractivity contribution in [2.75, 3.05) is 32.2 Å². The van der Waals surface area contributed by atoms with E-state index in [4.69, 9.17) is 14.2 Å². The van der Waals surface area contributed by atoms with Gasteiger partial charge in [-0.25, -0.2) is 18.6 Å². The van der Waals surface area contributed by atoms with Gasteiger partial charge < -0.3 is 24.2 Å². The van der Waals surface area contributed by atoms with Gasteiger partial charge in [0.15, 0.2) is 24.0 Å². The molecule has 5 rings (SSSR count). The van der Waals surface area contributed by atoms with Gasteiger partial charge in [0, 0.05) is 26.4 Å². The highest BCUT2D eigenvalue weighted by atomic mass is 19.1. The van der Waals surface area contributed by atoms with Crippen LogP contribution in [0.2, 0.25) is 0 Å². The van der Waals surface area contributed by atoms with Gasteiger partial charge >= 0.3 is 17.3 Å². The van der Waals surface area contributed by atoms with Gasteiger partial charge in [0.1, 0.15) is 22.9 Å². The number of amides is 1. The van der Waals surface area contributed by atoms with E-state index in [0.29, 0.717) is 11.3 Å². The molecule has 1 aliphatic rings. The largest absolute Gasteiger partial charge is 0.496 e. The van der Waals surface area contributed by atoms with Crippen LogP contribution >= 0.6 is 0 Å². The molecular formula is C36H42F2N6O8. The Morgan fingerprint density at radius 3 is 2.37 bits per heavy atom. The SMILES string of the molecule is COc1cccc(F)c1-c1nc2c(cc1F)c(N1CCN(C(=O)O)C(C(C)(C)C)C1OC(C)OC)c([N+](=O)[O-])c(=O)n2-c1c(C)ccnc1C(C)C. The third-order valence-electron chi connectivity index (χ3n) is 9.17. The maximum absolute atomic E-state index is 16.6. The molecule has 3 atom stereocenters. The molecule has 1 fully saturated rings. The maximum atomic E-state index is 16.6. The Balaban J connectivity index is 2.01. The van der Waals surface area contributed by atoms with E-state index in [-0.39, 0.29) is 52.7 Å². The van der Waals surface area contributed by atoms with Crippen LogP contribution in [0.15, 0.2) is 41.3 Å². The molecule has 4 heterocycles. The van der Waals surface area contributed by atoms with Crippen LogP contribution in [-0.4, -0.2) is 81.4 Å². The van der Waals surface area contributed by atoms with Gasteiger partial charge in [-0.05, 0) is 55.0 Å². The molecule has 1 aliphatic heterocycles. The summed E-state index contributed by atoms with van der Waals surface area (Å²) < 4.78 is 50.1. The third kappa shape index (κ3) is 6.63. The second kappa shape index (κ2) is 14.4. The number of hydrogen-bond donors (Lipinski definition) is 1. The van der Waals surface area contributed by atoms with Crippen molar-refractivity contribution in [1.29, 1.82) is 0 Å². The van der Waals surface area contributed by atoms with Crippen molar-refractivity contribution in [3.63, 3.8) is 0 Å². The number of fused-ring (bicyclic) bond motifs is 1. The van der Waals surface area contributed by atoms with Crippen molar-refractivity contribution in [1.82, 2.24) is 19.4 Å². The molecule has 1 aromatic carbocycles. The van der Waals surface area contributed by atoms with Crippen molar-refractivity contribution in [3.8, 4) is 22.7 Å². The molecule has 0 bridgehead atoms. The molecule has 14 nitrogen and oxygen atoms in total.